The molecular formula is C41H68O10S. The largest absolute Gasteiger partial charge is 0.459 e. The first-order valence-electron chi connectivity index (χ1n) is 20.1. The Bertz CT molecular complexity index is 1460. The van der Waals surface area contributed by atoms with Crippen molar-refractivity contribution in [1.82, 2.24) is 0 Å². The van der Waals surface area contributed by atoms with E-state index >= 15 is 0 Å². The first-order chi connectivity index (χ1) is 23.8. The van der Waals surface area contributed by atoms with Gasteiger partial charge in [-0.1, -0.05) is 20.8 Å². The van der Waals surface area contributed by atoms with Gasteiger partial charge in [-0.2, -0.15) is 8.42 Å². The number of hydrogen-bond acceptors (Lipinski definition) is 10. The molecule has 0 aromatic heterocycles. The van der Waals surface area contributed by atoms with Crippen molar-refractivity contribution in [3.63, 3.8) is 0 Å². The van der Waals surface area contributed by atoms with E-state index in [1.807, 2.05) is 76.2 Å². The number of hydrogen-bond donors (Lipinski definition) is 1. The summed E-state index contributed by atoms with van der Waals surface area (Å²) in [4.78, 5) is 36.3. The van der Waals surface area contributed by atoms with Crippen LogP contribution in [-0.4, -0.2) is 65.7 Å². The Balaban J connectivity index is 0.000000153. The molecule has 0 amide bonds. The van der Waals surface area contributed by atoms with Crippen LogP contribution in [0.2, 0.25) is 0 Å². The molecule has 6 bridgehead atoms. The van der Waals surface area contributed by atoms with Gasteiger partial charge < -0.3 is 19.3 Å². The van der Waals surface area contributed by atoms with E-state index in [2.05, 4.69) is 0 Å². The molecule has 10 nitrogen and oxygen atoms in total. The van der Waals surface area contributed by atoms with Crippen LogP contribution in [-0.2, 0) is 42.9 Å². The van der Waals surface area contributed by atoms with Crippen LogP contribution in [0.15, 0.2) is 0 Å². The topological polar surface area (TPSA) is 142 Å². The Morgan fingerprint density at radius 1 is 0.750 bits per heavy atom. The van der Waals surface area contributed by atoms with Crippen LogP contribution < -0.4 is 0 Å². The Labute approximate surface area is 313 Å². The third-order valence-electron chi connectivity index (χ3n) is 14.2. The summed E-state index contributed by atoms with van der Waals surface area (Å²) in [5.74, 6) is 1.48. The van der Waals surface area contributed by atoms with Crippen molar-refractivity contribution in [3.05, 3.63) is 0 Å². The molecule has 8 fully saturated rings. The minimum atomic E-state index is -3.43. The van der Waals surface area contributed by atoms with Gasteiger partial charge in [-0.05, 0) is 150 Å². The zero-order valence-electron chi connectivity index (χ0n) is 33.8. The summed E-state index contributed by atoms with van der Waals surface area (Å²) in [6.07, 6.45) is 10.9. The van der Waals surface area contributed by atoms with Crippen LogP contribution in [0, 0.1) is 45.8 Å². The Kier molecular flexibility index (Phi) is 11.2. The average molecular weight is 753 g/mol. The highest BCUT2D eigenvalue weighted by atomic mass is 32.2. The third kappa shape index (κ3) is 8.41. The summed E-state index contributed by atoms with van der Waals surface area (Å²) in [5, 5.41) is 10.3. The van der Waals surface area contributed by atoms with Crippen molar-refractivity contribution < 1.29 is 46.3 Å². The molecule has 7 saturated carbocycles. The quantitative estimate of drug-likeness (QED) is 0.134. The summed E-state index contributed by atoms with van der Waals surface area (Å²) >= 11 is 0. The Morgan fingerprint density at radius 2 is 1.27 bits per heavy atom. The number of rotatable bonds is 10. The summed E-state index contributed by atoms with van der Waals surface area (Å²) in [6.45, 7) is 21.5. The molecule has 52 heavy (non-hydrogen) atoms. The van der Waals surface area contributed by atoms with E-state index in [0.717, 1.165) is 44.9 Å². The van der Waals surface area contributed by atoms with Gasteiger partial charge in [-0.25, -0.2) is 0 Å². The fraction of sp³-hybridized carbons (Fsp3) is 0.927. The van der Waals surface area contributed by atoms with E-state index in [1.165, 1.54) is 19.3 Å². The SMILES string of the molecule is CCC(C)(C)C(=O)OC(C)(C)C1CC1.CCC(C)(C)C(=O)OC12CC3CC(CC(O)(C3)C1)C2.CCC(C)(C)C(=O)OC1C2CC3C1OS(=O)(=O)C3C2. The second-order valence-corrected chi connectivity index (χ2v) is 21.9. The van der Waals surface area contributed by atoms with Crippen molar-refractivity contribution in [2.24, 2.45) is 45.8 Å². The Hall–Kier alpha value is -1.72. The van der Waals surface area contributed by atoms with E-state index < -0.39 is 32.7 Å². The molecule has 7 atom stereocenters. The van der Waals surface area contributed by atoms with Gasteiger partial charge in [0.15, 0.2) is 0 Å². The third-order valence-corrected chi connectivity index (χ3v) is 15.9. The van der Waals surface area contributed by atoms with Gasteiger partial charge >= 0.3 is 17.9 Å². The molecule has 1 saturated heterocycles. The molecular weight excluding hydrogens is 685 g/mol. The molecule has 11 heteroatoms. The van der Waals surface area contributed by atoms with Crippen LogP contribution in [0.1, 0.15) is 160 Å². The van der Waals surface area contributed by atoms with Gasteiger partial charge in [0.05, 0.1) is 27.1 Å². The van der Waals surface area contributed by atoms with Gasteiger partial charge in [-0.3, -0.25) is 18.6 Å². The molecule has 0 aromatic carbocycles. The lowest BCUT2D eigenvalue weighted by Crippen LogP contribution is -2.61. The molecule has 8 aliphatic rings. The van der Waals surface area contributed by atoms with Gasteiger partial charge in [0.25, 0.3) is 10.1 Å². The van der Waals surface area contributed by atoms with E-state index in [-0.39, 0.29) is 57.7 Å². The van der Waals surface area contributed by atoms with Crippen molar-refractivity contribution in [2.45, 2.75) is 194 Å². The second kappa shape index (κ2) is 14.1. The maximum atomic E-state index is 12.4. The van der Waals surface area contributed by atoms with Crippen molar-refractivity contribution in [3.8, 4) is 0 Å². The predicted octanol–water partition coefficient (Wildman–Crippen LogP) is 7.68. The zero-order chi connectivity index (χ0) is 38.9. The Morgan fingerprint density at radius 3 is 1.77 bits per heavy atom. The first-order valence-corrected chi connectivity index (χ1v) is 21.6. The standard InChI is InChI=1S/C16H26O3.C13H20O5S.C12H22O2/c1-4-14(2,3)13(17)19-16-8-11-5-12(9-16)7-15(18,6-11)10-16;1-4-13(2,3)12(14)17-10-7-5-8-9(6-7)19(15,16)18-11(8)10;1-6-11(2,3)10(13)14-12(4,5)9-7-8-9/h11-12,18H,4-10H2,1-3H3;7-11H,4-6H2,1-3H3;9H,6-8H2,1-5H3. The summed E-state index contributed by atoms with van der Waals surface area (Å²) in [6, 6.07) is 0. The highest BCUT2D eigenvalue weighted by molar-refractivity contribution is 7.87. The lowest BCUT2D eigenvalue weighted by atomic mass is 9.52. The smallest absolute Gasteiger partial charge is 0.312 e. The molecule has 1 heterocycles. The van der Waals surface area contributed by atoms with E-state index in [0.29, 0.717) is 37.0 Å². The number of carbonyl (C=O) groups excluding carboxylic acids is 3. The van der Waals surface area contributed by atoms with Crippen LogP contribution in [0.4, 0.5) is 0 Å². The maximum absolute atomic E-state index is 12.4. The monoisotopic (exact) mass is 752 g/mol. The van der Waals surface area contributed by atoms with Gasteiger partial charge in [0.2, 0.25) is 0 Å². The number of aliphatic hydroxyl groups is 1. The molecule has 0 radical (unpaired) electrons. The highest BCUT2D eigenvalue weighted by Crippen LogP contribution is 2.59. The van der Waals surface area contributed by atoms with E-state index in [9.17, 15) is 27.9 Å². The predicted molar refractivity (Wildman–Crippen MR) is 197 cm³/mol. The number of esters is 3. The zero-order valence-corrected chi connectivity index (χ0v) is 34.7. The normalized spacial score (nSPS) is 36.7. The molecule has 1 N–H and O–H groups in total. The highest BCUT2D eigenvalue weighted by Gasteiger charge is 2.65. The summed E-state index contributed by atoms with van der Waals surface area (Å²) in [5.41, 5.74) is -2.45. The summed E-state index contributed by atoms with van der Waals surface area (Å²) in [7, 11) is -3.43. The van der Waals surface area contributed by atoms with Gasteiger partial charge in [0.1, 0.15) is 23.4 Å². The van der Waals surface area contributed by atoms with Crippen molar-refractivity contribution in [2.75, 3.05) is 0 Å². The van der Waals surface area contributed by atoms with Crippen LogP contribution in [0.3, 0.4) is 0 Å². The summed E-state index contributed by atoms with van der Waals surface area (Å²) < 4.78 is 45.9. The van der Waals surface area contributed by atoms with Gasteiger partial charge in [0, 0.05) is 18.3 Å². The molecule has 7 unspecified atom stereocenters. The van der Waals surface area contributed by atoms with Crippen molar-refractivity contribution >= 4 is 28.0 Å². The van der Waals surface area contributed by atoms with Crippen LogP contribution in [0.5, 0.6) is 0 Å². The fourth-order valence-corrected chi connectivity index (χ4v) is 11.5. The fourth-order valence-electron chi connectivity index (χ4n) is 9.58. The first kappa shape index (κ1) is 41.4. The second-order valence-electron chi connectivity index (χ2n) is 20.1. The molecule has 8 rings (SSSR count). The van der Waals surface area contributed by atoms with Crippen LogP contribution in [0.25, 0.3) is 0 Å². The van der Waals surface area contributed by atoms with Crippen molar-refractivity contribution in [1.29, 1.82) is 0 Å². The molecule has 1 aliphatic heterocycles. The lowest BCUT2D eigenvalue weighted by molar-refractivity contribution is -0.225. The minimum absolute atomic E-state index is 0.0255. The average Bonchev–Trinajstić information content (AvgIpc) is 3.70. The maximum Gasteiger partial charge on any atom is 0.312 e. The molecule has 0 aromatic rings. The minimum Gasteiger partial charge on any atom is -0.459 e. The van der Waals surface area contributed by atoms with E-state index in [1.54, 1.807) is 0 Å². The van der Waals surface area contributed by atoms with E-state index in [4.69, 9.17) is 18.4 Å². The molecule has 298 valence electrons. The lowest BCUT2D eigenvalue weighted by Gasteiger charge is -2.59. The van der Waals surface area contributed by atoms with Crippen LogP contribution >= 0.6 is 0 Å². The number of ether oxygens (including phenoxy) is 3. The molecule has 7 aliphatic carbocycles. The molecule has 0 spiro atoms. The van der Waals surface area contributed by atoms with Gasteiger partial charge in [-0.15, -0.1) is 0 Å². The number of carbonyl (C=O) groups is 3. The number of fused-ring (bicyclic) bond motifs is 1.